The highest BCUT2D eigenvalue weighted by Crippen LogP contribution is 2.22. The Morgan fingerprint density at radius 2 is 1.71 bits per heavy atom. The molecule has 0 saturated heterocycles. The Morgan fingerprint density at radius 3 is 2.45 bits per heavy atom. The molecule has 1 heterocycles. The van der Waals surface area contributed by atoms with E-state index >= 15 is 0 Å². The number of hydrogen-bond acceptors (Lipinski definition) is 4. The second-order valence-electron chi connectivity index (χ2n) is 6.49. The van der Waals surface area contributed by atoms with Crippen molar-refractivity contribution < 1.29 is 26.0 Å². The van der Waals surface area contributed by atoms with E-state index < -0.39 is 27.6 Å². The molecule has 1 amide bonds. The summed E-state index contributed by atoms with van der Waals surface area (Å²) in [5.74, 6) is -2.42. The Bertz CT molecular complexity index is 1370. The van der Waals surface area contributed by atoms with Gasteiger partial charge in [-0.15, -0.1) is 3.97 Å². The molecular formula is C21H16F2N3O3S2+. The van der Waals surface area contributed by atoms with E-state index in [1.54, 1.807) is 42.5 Å². The zero-order valence-corrected chi connectivity index (χ0v) is 17.5. The Morgan fingerprint density at radius 1 is 1.00 bits per heavy atom. The molecule has 31 heavy (non-hydrogen) atoms. The van der Waals surface area contributed by atoms with Gasteiger partial charge in [-0.25, -0.2) is 13.8 Å². The van der Waals surface area contributed by atoms with Crippen molar-refractivity contribution in [1.29, 1.82) is 0 Å². The number of carbonyl (C=O) groups excluding carboxylic acids is 1. The minimum absolute atomic E-state index is 0.101. The maximum Gasteiger partial charge on any atom is 0.336 e. The number of imidazole rings is 1. The van der Waals surface area contributed by atoms with Gasteiger partial charge < -0.3 is 5.32 Å². The van der Waals surface area contributed by atoms with E-state index in [2.05, 4.69) is 10.3 Å². The van der Waals surface area contributed by atoms with Gasteiger partial charge in [0.15, 0.2) is 11.0 Å². The minimum Gasteiger partial charge on any atom is -0.323 e. The van der Waals surface area contributed by atoms with Gasteiger partial charge in [-0.05, 0) is 48.2 Å². The van der Waals surface area contributed by atoms with Crippen LogP contribution in [0.5, 0.6) is 0 Å². The molecule has 0 bridgehead atoms. The number of thioether (sulfide) groups is 1. The highest BCUT2D eigenvalue weighted by molar-refractivity contribution is 8.00. The summed E-state index contributed by atoms with van der Waals surface area (Å²) in [6, 6.07) is 17.6. The number of nitrogens with zero attached hydrogens (tertiary/aromatic N) is 1. The summed E-state index contributed by atoms with van der Waals surface area (Å²) in [6.07, 6.45) is 0. The lowest BCUT2D eigenvalue weighted by atomic mass is 10.3. The second kappa shape index (κ2) is 8.48. The summed E-state index contributed by atoms with van der Waals surface area (Å²) >= 11 is 0.950. The highest BCUT2D eigenvalue weighted by atomic mass is 32.2. The standard InChI is InChI=1S/C21H15F2N3O3S2/c22-14-10-11-17(16(23)12-14)24-20(27)13-30-21-25-18-8-4-5-9-19(18)26(21)31(28,29)15-6-2-1-3-7-15/h1-12H,13H2,(H,24,27)/p+1. The van der Waals surface area contributed by atoms with Crippen molar-refractivity contribution >= 4 is 44.4 Å². The molecule has 0 spiro atoms. The molecule has 2 N–H and O–H groups in total. The van der Waals surface area contributed by atoms with Crippen LogP contribution in [0.2, 0.25) is 0 Å². The largest absolute Gasteiger partial charge is 0.336 e. The van der Waals surface area contributed by atoms with Crippen LogP contribution in [0.1, 0.15) is 0 Å². The number of anilines is 1. The number of hydrogen-bond donors (Lipinski definition) is 2. The number of para-hydroxylation sites is 2. The topological polar surface area (TPSA) is 82.9 Å². The van der Waals surface area contributed by atoms with E-state index in [1.807, 2.05) is 0 Å². The Labute approximate surface area is 181 Å². The van der Waals surface area contributed by atoms with Crippen molar-refractivity contribution in [2.75, 3.05) is 11.1 Å². The molecule has 10 heteroatoms. The van der Waals surface area contributed by atoms with Crippen LogP contribution in [0.15, 0.2) is 82.8 Å². The first kappa shape index (κ1) is 21.0. The molecule has 0 unspecified atom stereocenters. The lowest BCUT2D eigenvalue weighted by molar-refractivity contribution is -0.526. The van der Waals surface area contributed by atoms with Crippen LogP contribution in [0, 0.1) is 11.6 Å². The first-order chi connectivity index (χ1) is 14.9. The number of aromatic amines is 1. The predicted molar refractivity (Wildman–Crippen MR) is 113 cm³/mol. The van der Waals surface area contributed by atoms with Gasteiger partial charge in [0.25, 0.3) is 0 Å². The molecule has 0 radical (unpaired) electrons. The van der Waals surface area contributed by atoms with Crippen molar-refractivity contribution in [3.8, 4) is 0 Å². The van der Waals surface area contributed by atoms with Gasteiger partial charge in [0.1, 0.15) is 16.5 Å². The SMILES string of the molecule is O=C(CSc1[nH]c2ccccc2[n+]1S(=O)(=O)c1ccccc1)Nc1ccc(F)cc1F. The number of nitrogens with one attached hydrogen (secondary N) is 2. The molecule has 158 valence electrons. The van der Waals surface area contributed by atoms with Crippen molar-refractivity contribution in [2.24, 2.45) is 0 Å². The molecule has 3 aromatic carbocycles. The van der Waals surface area contributed by atoms with Crippen molar-refractivity contribution in [3.05, 3.63) is 84.4 Å². The summed E-state index contributed by atoms with van der Waals surface area (Å²) in [4.78, 5) is 15.4. The quantitative estimate of drug-likeness (QED) is 0.340. The third kappa shape index (κ3) is 4.30. The summed E-state index contributed by atoms with van der Waals surface area (Å²) in [5.41, 5.74) is 0.849. The average Bonchev–Trinajstić information content (AvgIpc) is 3.14. The van der Waals surface area contributed by atoms with E-state index in [0.717, 1.165) is 27.9 Å². The van der Waals surface area contributed by atoms with Crippen LogP contribution < -0.4 is 9.29 Å². The number of carbonyl (C=O) groups is 1. The maximum absolute atomic E-state index is 13.8. The molecule has 4 rings (SSSR count). The maximum atomic E-state index is 13.8. The summed E-state index contributed by atoms with van der Waals surface area (Å²) in [6.45, 7) is 0. The fraction of sp³-hybridized carbons (Fsp3) is 0.0476. The zero-order valence-electron chi connectivity index (χ0n) is 15.9. The number of benzene rings is 3. The lowest BCUT2D eigenvalue weighted by Crippen LogP contribution is -2.44. The number of amides is 1. The number of H-pyrrole nitrogens is 1. The van der Waals surface area contributed by atoms with E-state index in [9.17, 15) is 22.0 Å². The van der Waals surface area contributed by atoms with E-state index in [4.69, 9.17) is 0 Å². The molecule has 0 aliphatic heterocycles. The molecule has 1 aromatic heterocycles. The fourth-order valence-corrected chi connectivity index (χ4v) is 5.56. The Kier molecular flexibility index (Phi) is 5.75. The van der Waals surface area contributed by atoms with Crippen molar-refractivity contribution in [3.63, 3.8) is 0 Å². The highest BCUT2D eigenvalue weighted by Gasteiger charge is 2.31. The molecule has 4 aromatic rings. The van der Waals surface area contributed by atoms with Crippen LogP contribution in [0.25, 0.3) is 11.0 Å². The monoisotopic (exact) mass is 460 g/mol. The number of fused-ring (bicyclic) bond motifs is 1. The Hall–Kier alpha value is -3.24. The van der Waals surface area contributed by atoms with E-state index in [-0.39, 0.29) is 21.5 Å². The van der Waals surface area contributed by atoms with Crippen LogP contribution in [0.3, 0.4) is 0 Å². The van der Waals surface area contributed by atoms with Crippen LogP contribution in [-0.4, -0.2) is 25.1 Å². The number of aromatic nitrogens is 2. The predicted octanol–water partition coefficient (Wildman–Crippen LogP) is 3.70. The number of halogens is 2. The van der Waals surface area contributed by atoms with Crippen molar-refractivity contribution in [1.82, 2.24) is 4.98 Å². The second-order valence-corrected chi connectivity index (χ2v) is 9.24. The van der Waals surface area contributed by atoms with Gasteiger partial charge in [-0.2, -0.15) is 8.42 Å². The van der Waals surface area contributed by atoms with Gasteiger partial charge in [0.2, 0.25) is 5.91 Å². The summed E-state index contributed by atoms with van der Waals surface area (Å²) < 4.78 is 54.5. The van der Waals surface area contributed by atoms with Gasteiger partial charge in [-0.1, -0.05) is 30.3 Å². The summed E-state index contributed by atoms with van der Waals surface area (Å²) in [5, 5.41) is 2.58. The van der Waals surface area contributed by atoms with Gasteiger partial charge in [0.05, 0.1) is 11.4 Å². The third-order valence-electron chi connectivity index (χ3n) is 4.38. The summed E-state index contributed by atoms with van der Waals surface area (Å²) in [7, 11) is -3.94. The van der Waals surface area contributed by atoms with Crippen molar-refractivity contribution in [2.45, 2.75) is 10.1 Å². The average molecular weight is 461 g/mol. The lowest BCUT2D eigenvalue weighted by Gasteiger charge is -2.06. The van der Waals surface area contributed by atoms with Gasteiger partial charge in [0, 0.05) is 6.07 Å². The molecule has 0 atom stereocenters. The molecule has 6 nitrogen and oxygen atoms in total. The van der Waals surface area contributed by atoms with Gasteiger partial charge in [-0.3, -0.25) is 4.79 Å². The third-order valence-corrected chi connectivity index (χ3v) is 7.18. The molecule has 0 aliphatic carbocycles. The molecule has 0 saturated carbocycles. The van der Waals surface area contributed by atoms with E-state index in [0.29, 0.717) is 17.1 Å². The first-order valence-electron chi connectivity index (χ1n) is 9.07. The fourth-order valence-electron chi connectivity index (χ4n) is 2.97. The minimum atomic E-state index is -3.94. The first-order valence-corrected chi connectivity index (χ1v) is 11.5. The van der Waals surface area contributed by atoms with E-state index in [1.165, 1.54) is 12.1 Å². The number of rotatable bonds is 6. The van der Waals surface area contributed by atoms with Crippen LogP contribution in [0.4, 0.5) is 14.5 Å². The molecule has 0 aliphatic rings. The zero-order chi connectivity index (χ0) is 22.0. The molecular weight excluding hydrogens is 444 g/mol. The normalized spacial score (nSPS) is 11.5. The van der Waals surface area contributed by atoms with Crippen LogP contribution >= 0.6 is 11.8 Å². The van der Waals surface area contributed by atoms with Gasteiger partial charge >= 0.3 is 15.2 Å². The molecule has 0 fully saturated rings. The van der Waals surface area contributed by atoms with Crippen LogP contribution in [-0.2, 0) is 14.8 Å². The Balaban J connectivity index is 1.64. The smallest absolute Gasteiger partial charge is 0.323 e.